The fourth-order valence-corrected chi connectivity index (χ4v) is 3.84. The van der Waals surface area contributed by atoms with Crippen molar-refractivity contribution in [3.8, 4) is 0 Å². The molecule has 1 aromatic rings. The topological polar surface area (TPSA) is 12.0 Å². The molecular weight excluding hydrogens is 178 g/mol. The molecule has 0 radical (unpaired) electrons. The second-order valence-electron chi connectivity index (χ2n) is 3.41. The number of rotatable bonds is 2. The minimum atomic E-state index is -0.163. The van der Waals surface area contributed by atoms with Crippen LogP contribution in [0.5, 0.6) is 0 Å². The molecule has 12 heavy (non-hydrogen) atoms. The molecule has 0 aliphatic carbocycles. The Morgan fingerprint density at radius 2 is 1.67 bits per heavy atom. The van der Waals surface area contributed by atoms with Crippen LogP contribution in [0.2, 0.25) is 0 Å². The average molecular weight is 195 g/mol. The minimum absolute atomic E-state index is 0.163. The molecule has 0 amide bonds. The second-order valence-corrected chi connectivity index (χ2v) is 7.30. The van der Waals surface area contributed by atoms with Crippen LogP contribution in [0.1, 0.15) is 16.7 Å². The monoisotopic (exact) mass is 195 g/mol. The van der Waals surface area contributed by atoms with Crippen LogP contribution in [0.4, 0.5) is 0 Å². The van der Waals surface area contributed by atoms with Gasteiger partial charge >= 0.3 is 0 Å². The molecule has 0 heterocycles. The molecule has 0 fully saturated rings. The number of hydrogen-bond acceptors (Lipinski definition) is 1. The molecule has 0 spiro atoms. The van der Waals surface area contributed by atoms with E-state index in [9.17, 15) is 0 Å². The molecule has 1 nitrogen and oxygen atoms in total. The molecule has 0 saturated carbocycles. The summed E-state index contributed by atoms with van der Waals surface area (Å²) in [4.78, 5) is 0. The fourth-order valence-electron chi connectivity index (χ4n) is 1.67. The summed E-state index contributed by atoms with van der Waals surface area (Å²) in [6.07, 6.45) is 0. The maximum Gasteiger partial charge on any atom is 0.118 e. The number of aryl methyl sites for hydroxylation is 3. The highest BCUT2D eigenvalue weighted by Crippen LogP contribution is 2.04. The lowest BCUT2D eigenvalue weighted by molar-refractivity contribution is 1.35. The zero-order chi connectivity index (χ0) is 9.14. The van der Waals surface area contributed by atoms with E-state index in [-0.39, 0.29) is 9.68 Å². The van der Waals surface area contributed by atoms with Crippen LogP contribution in [0.15, 0.2) is 12.1 Å². The van der Waals surface area contributed by atoms with E-state index in [0.29, 0.717) is 0 Å². The third kappa shape index (κ3) is 2.06. The molecule has 1 N–H and O–H groups in total. The van der Waals surface area contributed by atoms with Crippen molar-refractivity contribution in [1.29, 1.82) is 0 Å². The van der Waals surface area contributed by atoms with Gasteiger partial charge in [0.2, 0.25) is 0 Å². The van der Waals surface area contributed by atoms with Gasteiger partial charge in [-0.25, -0.2) is 0 Å². The summed E-state index contributed by atoms with van der Waals surface area (Å²) >= 11 is 0. The van der Waals surface area contributed by atoms with Crippen molar-refractivity contribution in [2.75, 3.05) is 0 Å². The second kappa shape index (κ2) is 4.02. The SMILES string of the molecule is Cc1cc(C)c([SiH2]N[SiH3])c(C)c1. The quantitative estimate of drug-likeness (QED) is 0.609. The molecule has 0 bridgehead atoms. The Labute approximate surface area is 80.0 Å². The van der Waals surface area contributed by atoms with Gasteiger partial charge < -0.3 is 4.65 Å². The largest absolute Gasteiger partial charge is 0.368 e. The van der Waals surface area contributed by atoms with Crippen molar-refractivity contribution in [3.63, 3.8) is 0 Å². The van der Waals surface area contributed by atoms with Crippen molar-refractivity contribution in [3.05, 3.63) is 28.8 Å². The van der Waals surface area contributed by atoms with Gasteiger partial charge in [0.25, 0.3) is 0 Å². The Kier molecular flexibility index (Phi) is 3.25. The van der Waals surface area contributed by atoms with Crippen LogP contribution in [0.3, 0.4) is 0 Å². The molecule has 0 unspecified atom stereocenters. The lowest BCUT2D eigenvalue weighted by atomic mass is 10.1. The van der Waals surface area contributed by atoms with Crippen molar-refractivity contribution in [1.82, 2.24) is 4.65 Å². The predicted molar refractivity (Wildman–Crippen MR) is 61.9 cm³/mol. The lowest BCUT2D eigenvalue weighted by Gasteiger charge is -2.09. The van der Waals surface area contributed by atoms with Crippen LogP contribution < -0.4 is 9.83 Å². The first-order valence-electron chi connectivity index (χ1n) is 4.36. The molecular formula is C9H17NSi2. The number of nitrogens with one attached hydrogen (secondary N) is 1. The first-order valence-corrected chi connectivity index (χ1v) is 6.78. The molecule has 0 aromatic heterocycles. The van der Waals surface area contributed by atoms with E-state index in [0.717, 1.165) is 10.4 Å². The Morgan fingerprint density at radius 1 is 1.17 bits per heavy atom. The maximum absolute atomic E-state index is 3.46. The lowest BCUT2D eigenvalue weighted by Crippen LogP contribution is -2.32. The fraction of sp³-hybridized carbons (Fsp3) is 0.333. The van der Waals surface area contributed by atoms with E-state index in [1.165, 1.54) is 16.7 Å². The van der Waals surface area contributed by atoms with Crippen LogP contribution in [0, 0.1) is 20.8 Å². The molecule has 1 rings (SSSR count). The van der Waals surface area contributed by atoms with Gasteiger partial charge in [0.15, 0.2) is 0 Å². The van der Waals surface area contributed by atoms with E-state index in [1.807, 2.05) is 0 Å². The normalized spacial score (nSPS) is 11.6. The van der Waals surface area contributed by atoms with Crippen molar-refractivity contribution in [2.45, 2.75) is 20.8 Å². The van der Waals surface area contributed by atoms with Crippen LogP contribution in [-0.2, 0) is 0 Å². The van der Waals surface area contributed by atoms with Gasteiger partial charge in [-0.2, -0.15) is 0 Å². The molecule has 0 aliphatic heterocycles. The summed E-state index contributed by atoms with van der Waals surface area (Å²) in [6, 6.07) is 4.57. The number of benzene rings is 1. The molecule has 0 saturated heterocycles. The molecule has 1 aromatic carbocycles. The van der Waals surface area contributed by atoms with Gasteiger partial charge in [-0.1, -0.05) is 28.8 Å². The zero-order valence-electron chi connectivity index (χ0n) is 8.36. The third-order valence-electron chi connectivity index (χ3n) is 2.19. The van der Waals surface area contributed by atoms with Crippen LogP contribution >= 0.6 is 0 Å². The minimum Gasteiger partial charge on any atom is -0.368 e. The van der Waals surface area contributed by atoms with E-state index < -0.39 is 0 Å². The van der Waals surface area contributed by atoms with E-state index in [4.69, 9.17) is 0 Å². The Hall–Kier alpha value is -0.386. The van der Waals surface area contributed by atoms with Gasteiger partial charge in [-0.15, -0.1) is 0 Å². The van der Waals surface area contributed by atoms with E-state index in [2.05, 4.69) is 37.6 Å². The zero-order valence-corrected chi connectivity index (χ0v) is 11.8. The highest BCUT2D eigenvalue weighted by Gasteiger charge is 2.01. The van der Waals surface area contributed by atoms with Crippen molar-refractivity contribution in [2.24, 2.45) is 0 Å². The maximum atomic E-state index is 3.46. The highest BCUT2D eigenvalue weighted by molar-refractivity contribution is 6.57. The van der Waals surface area contributed by atoms with Crippen molar-refractivity contribution >= 4 is 25.3 Å². The summed E-state index contributed by atoms with van der Waals surface area (Å²) in [5, 5.41) is 1.61. The average Bonchev–Trinajstić information content (AvgIpc) is 1.96. The molecule has 0 atom stereocenters. The highest BCUT2D eigenvalue weighted by atomic mass is 28.3. The Morgan fingerprint density at radius 3 is 2.08 bits per heavy atom. The van der Waals surface area contributed by atoms with Gasteiger partial charge in [0, 0.05) is 0 Å². The van der Waals surface area contributed by atoms with E-state index >= 15 is 0 Å². The smallest absolute Gasteiger partial charge is 0.118 e. The predicted octanol–water partition coefficient (Wildman–Crippen LogP) is -0.809. The summed E-state index contributed by atoms with van der Waals surface area (Å²) in [6.45, 7) is 6.61. The Bertz CT molecular complexity index is 261. The van der Waals surface area contributed by atoms with Gasteiger partial charge in [0.1, 0.15) is 9.68 Å². The van der Waals surface area contributed by atoms with Crippen LogP contribution in [0.25, 0.3) is 0 Å². The number of hydrogen-bond donors (Lipinski definition) is 1. The third-order valence-corrected chi connectivity index (χ3v) is 5.08. The first-order chi connectivity index (χ1) is 5.65. The molecule has 66 valence electrons. The van der Waals surface area contributed by atoms with Crippen molar-refractivity contribution < 1.29 is 0 Å². The summed E-state index contributed by atoms with van der Waals surface area (Å²) < 4.78 is 3.46. The van der Waals surface area contributed by atoms with Crippen LogP contribution in [-0.4, -0.2) is 20.1 Å². The summed E-state index contributed by atoms with van der Waals surface area (Å²) in [5.74, 6) is 0. The molecule has 3 heteroatoms. The van der Waals surface area contributed by atoms with Gasteiger partial charge in [-0.05, 0) is 26.0 Å². The van der Waals surface area contributed by atoms with Gasteiger partial charge in [0.05, 0.1) is 10.4 Å². The van der Waals surface area contributed by atoms with Gasteiger partial charge in [-0.3, -0.25) is 0 Å². The Balaban J connectivity index is 3.10. The first kappa shape index (κ1) is 9.70. The van der Waals surface area contributed by atoms with E-state index in [1.54, 1.807) is 5.19 Å². The summed E-state index contributed by atoms with van der Waals surface area (Å²) in [5.41, 5.74) is 4.33. The standard InChI is InChI=1S/C9H17NSi2/c1-6-4-7(2)9(12-10-11)8(3)5-6/h4-5,10H,12H2,1-3,11H3. The summed E-state index contributed by atoms with van der Waals surface area (Å²) in [7, 11) is 0.966. The molecule has 0 aliphatic rings.